The second kappa shape index (κ2) is 3.45. The minimum atomic E-state index is 0.0306. The molecule has 1 atom stereocenters. The number of hydrogen-bond donors (Lipinski definition) is 2. The van der Waals surface area contributed by atoms with Crippen LogP contribution in [-0.2, 0) is 4.79 Å². The summed E-state index contributed by atoms with van der Waals surface area (Å²) in [7, 11) is 0. The molecule has 2 heterocycles. The minimum absolute atomic E-state index is 0.0306. The highest BCUT2D eigenvalue weighted by molar-refractivity contribution is 7.81. The number of nitrogen functional groups attached to an aromatic ring is 1. The molecule has 1 aliphatic rings. The number of carbonyl (C=O) groups excluding carboxylic acids is 1. The number of anilines is 2. The Labute approximate surface area is 86.7 Å². The molecule has 0 bridgehead atoms. The molecule has 14 heavy (non-hydrogen) atoms. The van der Waals surface area contributed by atoms with E-state index in [-0.39, 0.29) is 11.2 Å². The SMILES string of the molecule is Nc1cc(N2CC(S)CC2=O)ncn1. The zero-order valence-electron chi connectivity index (χ0n) is 7.42. The van der Waals surface area contributed by atoms with E-state index in [9.17, 15) is 4.79 Å². The Bertz CT molecular complexity index is 370. The van der Waals surface area contributed by atoms with Crippen molar-refractivity contribution in [3.63, 3.8) is 0 Å². The summed E-state index contributed by atoms with van der Waals surface area (Å²) in [5.41, 5.74) is 5.50. The number of rotatable bonds is 1. The summed E-state index contributed by atoms with van der Waals surface area (Å²) in [5, 5.41) is 0.0821. The molecule has 2 N–H and O–H groups in total. The quantitative estimate of drug-likeness (QED) is 0.645. The summed E-state index contributed by atoms with van der Waals surface area (Å²) in [6.07, 6.45) is 1.80. The molecule has 0 aliphatic carbocycles. The summed E-state index contributed by atoms with van der Waals surface area (Å²) in [6.45, 7) is 0.582. The van der Waals surface area contributed by atoms with Gasteiger partial charge in [0.2, 0.25) is 5.91 Å². The maximum absolute atomic E-state index is 11.5. The van der Waals surface area contributed by atoms with Gasteiger partial charge < -0.3 is 5.73 Å². The third kappa shape index (κ3) is 1.65. The van der Waals surface area contributed by atoms with Crippen LogP contribution in [0.4, 0.5) is 11.6 Å². The number of hydrogen-bond acceptors (Lipinski definition) is 5. The number of nitrogens with zero attached hydrogens (tertiary/aromatic N) is 3. The van der Waals surface area contributed by atoms with Crippen LogP contribution < -0.4 is 10.6 Å². The summed E-state index contributed by atoms with van der Waals surface area (Å²) < 4.78 is 0. The van der Waals surface area contributed by atoms with Crippen LogP contribution in [0.5, 0.6) is 0 Å². The predicted molar refractivity (Wildman–Crippen MR) is 56.2 cm³/mol. The van der Waals surface area contributed by atoms with Crippen LogP contribution in [0, 0.1) is 0 Å². The van der Waals surface area contributed by atoms with E-state index in [1.54, 1.807) is 11.0 Å². The Morgan fingerprint density at radius 2 is 2.36 bits per heavy atom. The highest BCUT2D eigenvalue weighted by Gasteiger charge is 2.29. The maximum Gasteiger partial charge on any atom is 0.229 e. The van der Waals surface area contributed by atoms with Gasteiger partial charge in [-0.15, -0.1) is 0 Å². The predicted octanol–water partition coefficient (Wildman–Crippen LogP) is 0.0939. The summed E-state index contributed by atoms with van der Waals surface area (Å²) >= 11 is 4.25. The van der Waals surface area contributed by atoms with Crippen LogP contribution in [0.25, 0.3) is 0 Å². The van der Waals surface area contributed by atoms with Gasteiger partial charge in [-0.3, -0.25) is 9.69 Å². The minimum Gasteiger partial charge on any atom is -0.384 e. The molecule has 1 unspecified atom stereocenters. The zero-order valence-corrected chi connectivity index (χ0v) is 8.32. The number of thiol groups is 1. The first-order chi connectivity index (χ1) is 6.66. The second-order valence-electron chi connectivity index (χ2n) is 3.16. The van der Waals surface area contributed by atoms with Crippen LogP contribution in [0.15, 0.2) is 12.4 Å². The van der Waals surface area contributed by atoms with Gasteiger partial charge in [0.25, 0.3) is 0 Å². The molecule has 1 aromatic rings. The lowest BCUT2D eigenvalue weighted by Gasteiger charge is -2.14. The summed E-state index contributed by atoms with van der Waals surface area (Å²) in [4.78, 5) is 20.8. The molecular formula is C8H10N4OS. The fourth-order valence-corrected chi connectivity index (χ4v) is 1.74. The smallest absolute Gasteiger partial charge is 0.229 e. The Morgan fingerprint density at radius 3 is 2.93 bits per heavy atom. The van der Waals surface area contributed by atoms with Crippen molar-refractivity contribution in [2.75, 3.05) is 17.2 Å². The van der Waals surface area contributed by atoms with Crippen LogP contribution in [0.1, 0.15) is 6.42 Å². The first-order valence-electron chi connectivity index (χ1n) is 4.23. The van der Waals surface area contributed by atoms with E-state index in [4.69, 9.17) is 5.73 Å². The van der Waals surface area contributed by atoms with Crippen LogP contribution in [0.3, 0.4) is 0 Å². The average molecular weight is 210 g/mol. The fourth-order valence-electron chi connectivity index (χ4n) is 1.42. The first kappa shape index (κ1) is 9.26. The van der Waals surface area contributed by atoms with E-state index in [0.717, 1.165) is 0 Å². The molecule has 0 radical (unpaired) electrons. The van der Waals surface area contributed by atoms with Gasteiger partial charge in [0, 0.05) is 24.3 Å². The lowest BCUT2D eigenvalue weighted by molar-refractivity contribution is -0.117. The van der Waals surface area contributed by atoms with Crippen LogP contribution >= 0.6 is 12.6 Å². The Kier molecular flexibility index (Phi) is 2.28. The number of carbonyl (C=O) groups is 1. The van der Waals surface area contributed by atoms with E-state index in [0.29, 0.717) is 24.6 Å². The van der Waals surface area contributed by atoms with E-state index in [2.05, 4.69) is 22.6 Å². The molecule has 1 saturated heterocycles. The second-order valence-corrected chi connectivity index (χ2v) is 3.89. The third-order valence-electron chi connectivity index (χ3n) is 2.05. The van der Waals surface area contributed by atoms with Gasteiger partial charge in [-0.25, -0.2) is 9.97 Å². The normalized spacial score (nSPS) is 21.6. The molecule has 0 aromatic carbocycles. The number of amides is 1. The van der Waals surface area contributed by atoms with Crippen molar-refractivity contribution in [2.24, 2.45) is 0 Å². The van der Waals surface area contributed by atoms with Gasteiger partial charge in [-0.1, -0.05) is 0 Å². The van der Waals surface area contributed by atoms with Crippen molar-refractivity contribution in [3.05, 3.63) is 12.4 Å². The van der Waals surface area contributed by atoms with Gasteiger partial charge >= 0.3 is 0 Å². The molecule has 6 heteroatoms. The lowest BCUT2D eigenvalue weighted by atomic mass is 10.4. The molecule has 2 rings (SSSR count). The fraction of sp³-hybridized carbons (Fsp3) is 0.375. The Morgan fingerprint density at radius 1 is 1.57 bits per heavy atom. The van der Waals surface area contributed by atoms with Gasteiger partial charge in [-0.2, -0.15) is 12.6 Å². The average Bonchev–Trinajstić information content (AvgIpc) is 2.45. The van der Waals surface area contributed by atoms with Gasteiger partial charge in [0.15, 0.2) is 0 Å². The van der Waals surface area contributed by atoms with Gasteiger partial charge in [0.05, 0.1) is 0 Å². The highest BCUT2D eigenvalue weighted by atomic mass is 32.1. The maximum atomic E-state index is 11.5. The molecule has 0 saturated carbocycles. The molecule has 0 spiro atoms. The summed E-state index contributed by atoms with van der Waals surface area (Å²) in [5.74, 6) is 0.951. The first-order valence-corrected chi connectivity index (χ1v) is 4.74. The van der Waals surface area contributed by atoms with Gasteiger partial charge in [-0.05, 0) is 0 Å². The number of aromatic nitrogens is 2. The zero-order chi connectivity index (χ0) is 10.1. The molecule has 74 valence electrons. The molecule has 5 nitrogen and oxygen atoms in total. The van der Waals surface area contributed by atoms with Crippen molar-refractivity contribution in [1.29, 1.82) is 0 Å². The highest BCUT2D eigenvalue weighted by Crippen LogP contribution is 2.22. The molecule has 1 aromatic heterocycles. The van der Waals surface area contributed by atoms with Crippen LogP contribution in [-0.4, -0.2) is 27.7 Å². The van der Waals surface area contributed by atoms with Crippen molar-refractivity contribution in [1.82, 2.24) is 9.97 Å². The summed E-state index contributed by atoms with van der Waals surface area (Å²) in [6, 6.07) is 1.59. The number of nitrogens with two attached hydrogens (primary N) is 1. The van der Waals surface area contributed by atoms with Crippen molar-refractivity contribution < 1.29 is 4.79 Å². The van der Waals surface area contributed by atoms with E-state index in [1.165, 1.54) is 6.33 Å². The van der Waals surface area contributed by atoms with Crippen LogP contribution in [0.2, 0.25) is 0 Å². The molecule has 1 amide bonds. The molecular weight excluding hydrogens is 200 g/mol. The molecule has 1 aliphatic heterocycles. The third-order valence-corrected chi connectivity index (χ3v) is 2.40. The lowest BCUT2D eigenvalue weighted by Crippen LogP contribution is -2.25. The van der Waals surface area contributed by atoms with E-state index < -0.39 is 0 Å². The van der Waals surface area contributed by atoms with Crippen molar-refractivity contribution in [3.8, 4) is 0 Å². The van der Waals surface area contributed by atoms with E-state index in [1.807, 2.05) is 0 Å². The standard InChI is InChI=1S/C8H10N4OS/c9-6-2-7(11-4-10-6)12-3-5(14)1-8(12)13/h2,4-5,14H,1,3H2,(H2,9,10,11). The van der Waals surface area contributed by atoms with Gasteiger partial charge in [0.1, 0.15) is 18.0 Å². The largest absolute Gasteiger partial charge is 0.384 e. The molecule has 1 fully saturated rings. The monoisotopic (exact) mass is 210 g/mol. The van der Waals surface area contributed by atoms with Crippen molar-refractivity contribution in [2.45, 2.75) is 11.7 Å². The Hall–Kier alpha value is -1.30. The van der Waals surface area contributed by atoms with E-state index >= 15 is 0 Å². The van der Waals surface area contributed by atoms with Crippen molar-refractivity contribution >= 4 is 30.2 Å². The Balaban J connectivity index is 2.27. The topological polar surface area (TPSA) is 72.1 Å².